The van der Waals surface area contributed by atoms with Crippen LogP contribution in [0.5, 0.6) is 0 Å². The Labute approximate surface area is 368 Å². The van der Waals surface area contributed by atoms with Crippen molar-refractivity contribution in [3.63, 3.8) is 0 Å². The van der Waals surface area contributed by atoms with Crippen molar-refractivity contribution in [2.24, 2.45) is 0 Å². The van der Waals surface area contributed by atoms with Crippen LogP contribution in [0.3, 0.4) is 0 Å². The fraction of sp³-hybridized carbons (Fsp3) is 0. The fourth-order valence-electron chi connectivity index (χ4n) is 10.1. The van der Waals surface area contributed by atoms with Crippen LogP contribution in [0.4, 0.5) is 0 Å². The van der Waals surface area contributed by atoms with Gasteiger partial charge in [-0.25, -0.2) is 0 Å². The van der Waals surface area contributed by atoms with E-state index in [1.165, 1.54) is 108 Å². The molecule has 0 fully saturated rings. The zero-order valence-corrected chi connectivity index (χ0v) is 35.1. The zero-order valence-electron chi connectivity index (χ0n) is 34.2. The van der Waals surface area contributed by atoms with Crippen LogP contribution in [-0.2, 0) is 0 Å². The molecule has 294 valence electrons. The van der Waals surface area contributed by atoms with Gasteiger partial charge in [-0.1, -0.05) is 152 Å². The van der Waals surface area contributed by atoms with Crippen LogP contribution in [0.15, 0.2) is 231 Å². The summed E-state index contributed by atoms with van der Waals surface area (Å²) in [7, 11) is 0. The predicted molar refractivity (Wildman–Crippen MR) is 270 cm³/mol. The van der Waals surface area contributed by atoms with Crippen molar-refractivity contribution in [3.05, 3.63) is 231 Å². The number of aromatic nitrogens is 2. The highest BCUT2D eigenvalue weighted by Gasteiger charge is 2.21. The third-order valence-corrected chi connectivity index (χ3v) is 14.1. The number of thiophene rings is 1. The highest BCUT2D eigenvalue weighted by Crippen LogP contribution is 2.45. The van der Waals surface area contributed by atoms with Crippen LogP contribution in [0.25, 0.3) is 120 Å². The topological polar surface area (TPSA) is 9.86 Å². The Hall–Kier alpha value is -7.98. The maximum atomic E-state index is 2.47. The molecule has 0 bridgehead atoms. The molecule has 0 radical (unpaired) electrons. The largest absolute Gasteiger partial charge is 0.309 e. The second-order valence-electron chi connectivity index (χ2n) is 16.5. The van der Waals surface area contributed by atoms with Crippen molar-refractivity contribution in [2.75, 3.05) is 0 Å². The minimum atomic E-state index is 1.14. The van der Waals surface area contributed by atoms with Gasteiger partial charge in [0.1, 0.15) is 0 Å². The normalized spacial score (nSPS) is 11.8. The summed E-state index contributed by atoms with van der Waals surface area (Å²) in [6, 6.07) is 84.9. The van der Waals surface area contributed by atoms with E-state index in [0.717, 1.165) is 11.4 Å². The molecule has 3 heteroatoms. The van der Waals surface area contributed by atoms with Gasteiger partial charge in [-0.2, -0.15) is 0 Å². The molecule has 0 aliphatic heterocycles. The van der Waals surface area contributed by atoms with Crippen molar-refractivity contribution in [3.8, 4) is 55.9 Å². The molecule has 0 N–H and O–H groups in total. The smallest absolute Gasteiger partial charge is 0.0619 e. The second kappa shape index (κ2) is 14.3. The first-order chi connectivity index (χ1) is 31.2. The molecule has 2 nitrogen and oxygen atoms in total. The third-order valence-electron chi connectivity index (χ3n) is 12.9. The standard InChI is InChI=1S/C60H38N2S/c1-3-15-39(16-4-1)40-29-32-46(33-30-40)62-54-25-10-7-19-49(54)51-24-13-23-48(60(51)62)44-36-42(41-31-34-58-53(38-41)50-20-9-12-28-57(50)63-58)35-43(37-44)47-22-14-27-56-59(47)52-21-8-11-26-55(52)61(56)45-17-5-2-6-18-45/h1-38H. The lowest BCUT2D eigenvalue weighted by molar-refractivity contribution is 1.18. The van der Waals surface area contributed by atoms with Crippen molar-refractivity contribution in [1.82, 2.24) is 9.13 Å². The van der Waals surface area contributed by atoms with Gasteiger partial charge in [-0.3, -0.25) is 0 Å². The number of nitrogens with zero attached hydrogens (tertiary/aromatic N) is 2. The Balaban J connectivity index is 1.09. The molecule has 3 aromatic heterocycles. The van der Waals surface area contributed by atoms with Gasteiger partial charge in [0.2, 0.25) is 0 Å². The Morgan fingerprint density at radius 3 is 1.62 bits per heavy atom. The van der Waals surface area contributed by atoms with Gasteiger partial charge in [-0.15, -0.1) is 11.3 Å². The van der Waals surface area contributed by atoms with Crippen LogP contribution < -0.4 is 0 Å². The van der Waals surface area contributed by atoms with Crippen LogP contribution in [0.2, 0.25) is 0 Å². The quantitative estimate of drug-likeness (QED) is 0.158. The van der Waals surface area contributed by atoms with Crippen LogP contribution in [0, 0.1) is 0 Å². The first kappa shape index (κ1) is 35.7. The van der Waals surface area contributed by atoms with Crippen molar-refractivity contribution in [2.45, 2.75) is 0 Å². The maximum absolute atomic E-state index is 2.47. The molecule has 0 saturated heterocycles. The molecular weight excluding hydrogens is 781 g/mol. The number of fused-ring (bicyclic) bond motifs is 9. The van der Waals surface area contributed by atoms with E-state index in [2.05, 4.69) is 240 Å². The summed E-state index contributed by atoms with van der Waals surface area (Å²) >= 11 is 1.87. The van der Waals surface area contributed by atoms with Gasteiger partial charge in [0.25, 0.3) is 0 Å². The van der Waals surface area contributed by atoms with E-state index in [1.54, 1.807) is 0 Å². The highest BCUT2D eigenvalue weighted by atomic mass is 32.1. The number of benzene rings is 10. The van der Waals surface area contributed by atoms with Gasteiger partial charge in [0, 0.05) is 58.7 Å². The molecule has 0 amide bonds. The molecule has 63 heavy (non-hydrogen) atoms. The van der Waals surface area contributed by atoms with Crippen LogP contribution in [-0.4, -0.2) is 9.13 Å². The van der Waals surface area contributed by atoms with E-state index in [1.807, 2.05) is 11.3 Å². The van der Waals surface area contributed by atoms with Gasteiger partial charge < -0.3 is 9.13 Å². The third kappa shape index (κ3) is 5.71. The van der Waals surface area contributed by atoms with Gasteiger partial charge in [0.05, 0.1) is 22.1 Å². The maximum Gasteiger partial charge on any atom is 0.0619 e. The molecule has 0 saturated carbocycles. The molecule has 0 aliphatic rings. The van der Waals surface area contributed by atoms with E-state index in [0.29, 0.717) is 0 Å². The molecule has 10 aromatic carbocycles. The monoisotopic (exact) mass is 818 g/mol. The molecule has 0 spiro atoms. The molecule has 13 aromatic rings. The van der Waals surface area contributed by atoms with E-state index in [-0.39, 0.29) is 0 Å². The van der Waals surface area contributed by atoms with E-state index in [4.69, 9.17) is 0 Å². The number of hydrogen-bond donors (Lipinski definition) is 0. The van der Waals surface area contributed by atoms with Crippen molar-refractivity contribution in [1.29, 1.82) is 0 Å². The van der Waals surface area contributed by atoms with E-state index < -0.39 is 0 Å². The first-order valence-electron chi connectivity index (χ1n) is 21.6. The van der Waals surface area contributed by atoms with E-state index >= 15 is 0 Å². The molecule has 0 unspecified atom stereocenters. The van der Waals surface area contributed by atoms with Crippen LogP contribution in [0.1, 0.15) is 0 Å². The predicted octanol–water partition coefficient (Wildman–Crippen LogP) is 16.9. The molecule has 13 rings (SSSR count). The molecule has 0 atom stereocenters. The highest BCUT2D eigenvalue weighted by molar-refractivity contribution is 7.25. The Bertz CT molecular complexity index is 3890. The average molecular weight is 819 g/mol. The van der Waals surface area contributed by atoms with Gasteiger partial charge >= 0.3 is 0 Å². The number of hydrogen-bond acceptors (Lipinski definition) is 1. The van der Waals surface area contributed by atoms with Crippen LogP contribution >= 0.6 is 11.3 Å². The van der Waals surface area contributed by atoms with Gasteiger partial charge in [-0.05, 0) is 118 Å². The second-order valence-corrected chi connectivity index (χ2v) is 17.5. The number of rotatable bonds is 6. The summed E-state index contributed by atoms with van der Waals surface area (Å²) in [6.45, 7) is 0. The summed E-state index contributed by atoms with van der Waals surface area (Å²) in [6.07, 6.45) is 0. The lowest BCUT2D eigenvalue weighted by Crippen LogP contribution is -1.96. The lowest BCUT2D eigenvalue weighted by atomic mass is 9.90. The summed E-state index contributed by atoms with van der Waals surface area (Å²) in [5.74, 6) is 0. The molecular formula is C60H38N2S. The Morgan fingerprint density at radius 2 is 0.810 bits per heavy atom. The summed E-state index contributed by atoms with van der Waals surface area (Å²) in [5, 5.41) is 7.58. The zero-order chi connectivity index (χ0) is 41.4. The lowest BCUT2D eigenvalue weighted by Gasteiger charge is -2.16. The Morgan fingerprint density at radius 1 is 0.270 bits per heavy atom. The first-order valence-corrected chi connectivity index (χ1v) is 22.4. The number of para-hydroxylation sites is 4. The molecule has 0 aliphatic carbocycles. The summed E-state index contributed by atoms with van der Waals surface area (Å²) in [5.41, 5.74) is 16.7. The fourth-order valence-corrected chi connectivity index (χ4v) is 11.2. The average Bonchev–Trinajstić information content (AvgIpc) is 4.02. The SMILES string of the molecule is c1ccc(-c2ccc(-n3c4ccccc4c4cccc(-c5cc(-c6ccc7sc8ccccc8c7c6)cc(-c6cccc7c6c6ccccc6n7-c6ccccc6)c5)c43)cc2)cc1. The van der Waals surface area contributed by atoms with Crippen molar-refractivity contribution >= 4 is 75.1 Å². The minimum Gasteiger partial charge on any atom is -0.309 e. The Kier molecular flexibility index (Phi) is 8.12. The van der Waals surface area contributed by atoms with E-state index in [9.17, 15) is 0 Å². The summed E-state index contributed by atoms with van der Waals surface area (Å²) < 4.78 is 7.51. The van der Waals surface area contributed by atoms with Gasteiger partial charge in [0.15, 0.2) is 0 Å². The molecule has 3 heterocycles. The minimum absolute atomic E-state index is 1.14. The van der Waals surface area contributed by atoms with Crippen molar-refractivity contribution < 1.29 is 0 Å². The summed E-state index contributed by atoms with van der Waals surface area (Å²) in [4.78, 5) is 0.